The highest BCUT2D eigenvalue weighted by Gasteiger charge is 2.12. The Labute approximate surface area is 124 Å². The van der Waals surface area contributed by atoms with Crippen molar-refractivity contribution in [3.63, 3.8) is 0 Å². The Hall–Kier alpha value is -2.07. The summed E-state index contributed by atoms with van der Waals surface area (Å²) in [6.07, 6.45) is 0.932. The number of fused-ring (bicyclic) bond motifs is 1. The number of carboxylic acids is 1. The minimum Gasteiger partial charge on any atom is -0.496 e. The topological polar surface area (TPSA) is 49.8 Å². The van der Waals surface area contributed by atoms with Crippen LogP contribution in [0.15, 0.2) is 36.4 Å². The molecule has 0 unspecified atom stereocenters. The van der Waals surface area contributed by atoms with E-state index in [9.17, 15) is 4.79 Å². The van der Waals surface area contributed by atoms with Gasteiger partial charge in [-0.1, -0.05) is 37.3 Å². The highest BCUT2D eigenvalue weighted by Crippen LogP contribution is 2.29. The molecule has 4 heteroatoms. The molecule has 21 heavy (non-hydrogen) atoms. The lowest BCUT2D eigenvalue weighted by atomic mass is 10.0. The molecule has 112 valence electrons. The summed E-state index contributed by atoms with van der Waals surface area (Å²) in [7, 11) is 1.66. The first-order valence-corrected chi connectivity index (χ1v) is 7.14. The Kier molecular flexibility index (Phi) is 5.17. The van der Waals surface area contributed by atoms with Gasteiger partial charge in [0.25, 0.3) is 0 Å². The summed E-state index contributed by atoms with van der Waals surface area (Å²) in [4.78, 5) is 12.9. The van der Waals surface area contributed by atoms with Crippen LogP contribution in [0.5, 0.6) is 5.75 Å². The summed E-state index contributed by atoms with van der Waals surface area (Å²) in [5.41, 5.74) is 1.13. The van der Waals surface area contributed by atoms with E-state index in [0.717, 1.165) is 35.1 Å². The van der Waals surface area contributed by atoms with Gasteiger partial charge in [0, 0.05) is 11.9 Å². The van der Waals surface area contributed by atoms with Crippen LogP contribution < -0.4 is 4.74 Å². The predicted molar refractivity (Wildman–Crippen MR) is 83.7 cm³/mol. The molecule has 0 amide bonds. The quantitative estimate of drug-likeness (QED) is 0.850. The van der Waals surface area contributed by atoms with Crippen LogP contribution in [-0.4, -0.2) is 36.2 Å². The van der Waals surface area contributed by atoms with E-state index >= 15 is 0 Å². The SMILES string of the molecule is CCCN(CC(=O)O)Cc1ccc(OC)c2ccccc12. The number of benzene rings is 2. The lowest BCUT2D eigenvalue weighted by molar-refractivity contribution is -0.138. The average molecular weight is 287 g/mol. The van der Waals surface area contributed by atoms with Crippen LogP contribution in [0.2, 0.25) is 0 Å². The number of aliphatic carboxylic acids is 1. The first kappa shape index (κ1) is 15.3. The van der Waals surface area contributed by atoms with Crippen LogP contribution in [-0.2, 0) is 11.3 Å². The fourth-order valence-corrected chi connectivity index (χ4v) is 2.61. The summed E-state index contributed by atoms with van der Waals surface area (Å²) in [6, 6.07) is 12.0. The Morgan fingerprint density at radius 2 is 1.90 bits per heavy atom. The summed E-state index contributed by atoms with van der Waals surface area (Å²) < 4.78 is 5.39. The van der Waals surface area contributed by atoms with E-state index in [4.69, 9.17) is 9.84 Å². The van der Waals surface area contributed by atoms with Gasteiger partial charge in [-0.15, -0.1) is 0 Å². The van der Waals surface area contributed by atoms with Crippen molar-refractivity contribution in [2.24, 2.45) is 0 Å². The first-order chi connectivity index (χ1) is 10.2. The van der Waals surface area contributed by atoms with Crippen LogP contribution in [0.4, 0.5) is 0 Å². The maximum absolute atomic E-state index is 11.0. The molecule has 0 aliphatic carbocycles. The van der Waals surface area contributed by atoms with Crippen LogP contribution in [0, 0.1) is 0 Å². The third-order valence-corrected chi connectivity index (χ3v) is 3.49. The molecule has 0 aliphatic rings. The minimum atomic E-state index is -0.790. The Bertz CT molecular complexity index is 624. The molecule has 0 saturated heterocycles. The van der Waals surface area contributed by atoms with Gasteiger partial charge in [0.1, 0.15) is 5.75 Å². The summed E-state index contributed by atoms with van der Waals surface area (Å²) in [6.45, 7) is 3.52. The predicted octanol–water partition coefficient (Wildman–Crippen LogP) is 3.15. The van der Waals surface area contributed by atoms with E-state index < -0.39 is 5.97 Å². The number of carbonyl (C=O) groups is 1. The van der Waals surface area contributed by atoms with Crippen molar-refractivity contribution in [1.29, 1.82) is 0 Å². The lowest BCUT2D eigenvalue weighted by Gasteiger charge is -2.21. The number of methoxy groups -OCH3 is 1. The second kappa shape index (κ2) is 7.09. The Morgan fingerprint density at radius 1 is 1.19 bits per heavy atom. The molecule has 2 aromatic rings. The van der Waals surface area contributed by atoms with Crippen molar-refractivity contribution in [2.75, 3.05) is 20.2 Å². The van der Waals surface area contributed by atoms with Crippen molar-refractivity contribution in [3.8, 4) is 5.75 Å². The normalized spacial score (nSPS) is 11.0. The van der Waals surface area contributed by atoms with E-state index in [0.29, 0.717) is 6.54 Å². The molecule has 0 radical (unpaired) electrons. The van der Waals surface area contributed by atoms with Gasteiger partial charge in [0.05, 0.1) is 13.7 Å². The fraction of sp³-hybridized carbons (Fsp3) is 0.353. The molecule has 0 bridgehead atoms. The van der Waals surface area contributed by atoms with E-state index in [2.05, 4.69) is 13.0 Å². The standard InChI is InChI=1S/C17H21NO3/c1-3-10-18(12-17(19)20)11-13-8-9-16(21-2)15-7-5-4-6-14(13)15/h4-9H,3,10-12H2,1-2H3,(H,19,20). The van der Waals surface area contributed by atoms with Crippen LogP contribution >= 0.6 is 0 Å². The number of carboxylic acid groups (broad SMARTS) is 1. The van der Waals surface area contributed by atoms with Crippen molar-refractivity contribution < 1.29 is 14.6 Å². The molecule has 2 aromatic carbocycles. The third-order valence-electron chi connectivity index (χ3n) is 3.49. The second-order valence-electron chi connectivity index (χ2n) is 5.08. The van der Waals surface area contributed by atoms with E-state index in [-0.39, 0.29) is 6.54 Å². The van der Waals surface area contributed by atoms with Gasteiger partial charge >= 0.3 is 5.97 Å². The highest BCUT2D eigenvalue weighted by atomic mass is 16.5. The van der Waals surface area contributed by atoms with Crippen LogP contribution in [0.25, 0.3) is 10.8 Å². The van der Waals surface area contributed by atoms with E-state index in [1.165, 1.54) is 0 Å². The third kappa shape index (κ3) is 3.73. The molecular formula is C17H21NO3. The number of nitrogens with zero attached hydrogens (tertiary/aromatic N) is 1. The number of rotatable bonds is 7. The van der Waals surface area contributed by atoms with Gasteiger partial charge in [-0.3, -0.25) is 9.69 Å². The summed E-state index contributed by atoms with van der Waals surface area (Å²) in [5, 5.41) is 11.2. The Morgan fingerprint density at radius 3 is 2.52 bits per heavy atom. The molecule has 0 heterocycles. The molecule has 1 N–H and O–H groups in total. The minimum absolute atomic E-state index is 0.0637. The molecule has 0 spiro atoms. The number of hydrogen-bond donors (Lipinski definition) is 1. The van der Waals surface area contributed by atoms with Gasteiger partial charge in [-0.2, -0.15) is 0 Å². The van der Waals surface area contributed by atoms with E-state index in [1.54, 1.807) is 7.11 Å². The molecule has 0 saturated carbocycles. The van der Waals surface area contributed by atoms with Gasteiger partial charge in [0.15, 0.2) is 0 Å². The van der Waals surface area contributed by atoms with Gasteiger partial charge in [-0.25, -0.2) is 0 Å². The fourth-order valence-electron chi connectivity index (χ4n) is 2.61. The zero-order valence-electron chi connectivity index (χ0n) is 12.5. The highest BCUT2D eigenvalue weighted by molar-refractivity contribution is 5.91. The molecule has 0 fully saturated rings. The van der Waals surface area contributed by atoms with Crippen LogP contribution in [0.1, 0.15) is 18.9 Å². The summed E-state index contributed by atoms with van der Waals surface area (Å²) >= 11 is 0. The van der Waals surface area contributed by atoms with Crippen molar-refractivity contribution >= 4 is 16.7 Å². The summed E-state index contributed by atoms with van der Waals surface area (Å²) in [5.74, 6) is 0.0518. The van der Waals surface area contributed by atoms with Gasteiger partial charge in [0.2, 0.25) is 0 Å². The van der Waals surface area contributed by atoms with Crippen molar-refractivity contribution in [2.45, 2.75) is 19.9 Å². The van der Waals surface area contributed by atoms with Gasteiger partial charge in [-0.05, 0) is 30.0 Å². The van der Waals surface area contributed by atoms with Gasteiger partial charge < -0.3 is 9.84 Å². The zero-order chi connectivity index (χ0) is 15.2. The lowest BCUT2D eigenvalue weighted by Crippen LogP contribution is -2.30. The maximum Gasteiger partial charge on any atom is 0.317 e. The van der Waals surface area contributed by atoms with E-state index in [1.807, 2.05) is 35.2 Å². The molecule has 2 rings (SSSR count). The molecule has 0 aliphatic heterocycles. The van der Waals surface area contributed by atoms with Crippen molar-refractivity contribution in [1.82, 2.24) is 4.90 Å². The zero-order valence-corrected chi connectivity index (χ0v) is 12.5. The van der Waals surface area contributed by atoms with Crippen molar-refractivity contribution in [3.05, 3.63) is 42.0 Å². The molecule has 0 atom stereocenters. The Balaban J connectivity index is 2.35. The molecule has 0 aromatic heterocycles. The second-order valence-corrected chi connectivity index (χ2v) is 5.08. The average Bonchev–Trinajstić information content (AvgIpc) is 2.47. The molecular weight excluding hydrogens is 266 g/mol. The number of hydrogen-bond acceptors (Lipinski definition) is 3. The van der Waals surface area contributed by atoms with Crippen LogP contribution in [0.3, 0.4) is 0 Å². The first-order valence-electron chi connectivity index (χ1n) is 7.14. The largest absolute Gasteiger partial charge is 0.496 e. The maximum atomic E-state index is 11.0. The molecule has 4 nitrogen and oxygen atoms in total. The monoisotopic (exact) mass is 287 g/mol. The number of ether oxygens (including phenoxy) is 1. The smallest absolute Gasteiger partial charge is 0.317 e.